The molecular weight excluding hydrogens is 262 g/mol. The first kappa shape index (κ1) is 13.4. The zero-order chi connectivity index (χ0) is 14.2. The highest BCUT2D eigenvalue weighted by Crippen LogP contribution is 2.39. The third-order valence-electron chi connectivity index (χ3n) is 3.90. The molecule has 2 heterocycles. The summed E-state index contributed by atoms with van der Waals surface area (Å²) in [5, 5.41) is 24.7. The van der Waals surface area contributed by atoms with Gasteiger partial charge in [-0.15, -0.1) is 0 Å². The quantitative estimate of drug-likeness (QED) is 0.483. The monoisotopic (exact) mass is 277 g/mol. The van der Waals surface area contributed by atoms with Gasteiger partial charge in [0, 0.05) is 11.3 Å². The maximum atomic E-state index is 10.8. The van der Waals surface area contributed by atoms with Crippen LogP contribution in [-0.4, -0.2) is 47.0 Å². The Balaban J connectivity index is 1.91. The second kappa shape index (κ2) is 5.05. The zero-order valence-corrected chi connectivity index (χ0v) is 10.7. The van der Waals surface area contributed by atoms with Crippen molar-refractivity contribution in [1.29, 1.82) is 0 Å². The Labute approximate surface area is 115 Å². The van der Waals surface area contributed by atoms with Crippen molar-refractivity contribution in [2.24, 2.45) is 5.11 Å². The number of hydrogen-bond acceptors (Lipinski definition) is 5. The fourth-order valence-electron chi connectivity index (χ4n) is 2.82. The summed E-state index contributed by atoms with van der Waals surface area (Å²) >= 11 is 0. The number of nitrogens with zero attached hydrogens (tertiary/aromatic N) is 3. The van der Waals surface area contributed by atoms with Crippen LogP contribution in [0.3, 0.4) is 0 Å². The van der Waals surface area contributed by atoms with E-state index in [0.29, 0.717) is 0 Å². The van der Waals surface area contributed by atoms with Gasteiger partial charge in [-0.3, -0.25) is 0 Å². The van der Waals surface area contributed by atoms with Gasteiger partial charge < -0.3 is 19.7 Å². The Hall–Kier alpha value is -1.63. The molecule has 2 N–H and O–H groups in total. The Morgan fingerprint density at radius 3 is 2.85 bits per heavy atom. The Morgan fingerprint density at radius 1 is 1.40 bits per heavy atom. The molecule has 2 aliphatic heterocycles. The van der Waals surface area contributed by atoms with Crippen LogP contribution in [-0.2, 0) is 15.9 Å². The van der Waals surface area contributed by atoms with Crippen LogP contribution in [0.4, 0.5) is 0 Å². The second-order valence-corrected chi connectivity index (χ2v) is 5.12. The average Bonchev–Trinajstić information content (AvgIpc) is 2.91. The predicted octanol–water partition coefficient (Wildman–Crippen LogP) is 0.755. The zero-order valence-electron chi connectivity index (χ0n) is 10.7. The van der Waals surface area contributed by atoms with Crippen LogP contribution in [0.2, 0.25) is 0 Å². The molecule has 3 rings (SSSR count). The molecule has 1 aromatic carbocycles. The van der Waals surface area contributed by atoms with E-state index >= 15 is 0 Å². The summed E-state index contributed by atoms with van der Waals surface area (Å²) < 4.78 is 10.9. The molecule has 7 heteroatoms. The van der Waals surface area contributed by atoms with E-state index in [0.717, 1.165) is 5.56 Å². The number of aliphatic hydroxyl groups is 2. The number of azide groups is 1. The molecule has 5 atom stereocenters. The molecule has 2 fully saturated rings. The lowest BCUT2D eigenvalue weighted by atomic mass is 9.80. The van der Waals surface area contributed by atoms with Crippen LogP contribution in [0.25, 0.3) is 10.4 Å². The molecule has 0 amide bonds. The number of benzene rings is 1. The van der Waals surface area contributed by atoms with Crippen LogP contribution in [0.15, 0.2) is 35.4 Å². The molecule has 0 spiro atoms. The maximum absolute atomic E-state index is 10.8. The highest BCUT2D eigenvalue weighted by Gasteiger charge is 2.58. The van der Waals surface area contributed by atoms with Gasteiger partial charge in [-0.05, 0) is 11.1 Å². The lowest BCUT2D eigenvalue weighted by molar-refractivity contribution is -0.225. The summed E-state index contributed by atoms with van der Waals surface area (Å²) in [6.07, 6.45) is -2.45. The molecule has 20 heavy (non-hydrogen) atoms. The van der Waals surface area contributed by atoms with Crippen molar-refractivity contribution in [3.63, 3.8) is 0 Å². The molecule has 0 radical (unpaired) electrons. The molecule has 0 aromatic heterocycles. The molecule has 1 aromatic rings. The molecule has 2 aliphatic rings. The number of ether oxygens (including phenoxy) is 2. The van der Waals surface area contributed by atoms with Gasteiger partial charge in [0.25, 0.3) is 0 Å². The van der Waals surface area contributed by atoms with Gasteiger partial charge in [-0.1, -0.05) is 35.4 Å². The topological polar surface area (TPSA) is 108 Å². The van der Waals surface area contributed by atoms with Gasteiger partial charge in [-0.25, -0.2) is 0 Å². The maximum Gasteiger partial charge on any atom is 0.169 e. The molecule has 2 saturated heterocycles. The molecule has 7 nitrogen and oxygen atoms in total. The minimum absolute atomic E-state index is 0.169. The third kappa shape index (κ3) is 2.06. The van der Waals surface area contributed by atoms with E-state index in [2.05, 4.69) is 10.0 Å². The number of rotatable bonds is 3. The van der Waals surface area contributed by atoms with Crippen LogP contribution in [0.5, 0.6) is 0 Å². The van der Waals surface area contributed by atoms with Gasteiger partial charge in [0.2, 0.25) is 0 Å². The number of hydrogen-bond donors (Lipinski definition) is 2. The van der Waals surface area contributed by atoms with E-state index in [4.69, 9.17) is 15.0 Å². The lowest BCUT2D eigenvalue weighted by Crippen LogP contribution is -2.63. The van der Waals surface area contributed by atoms with Gasteiger partial charge in [0.05, 0.1) is 12.7 Å². The van der Waals surface area contributed by atoms with E-state index in [-0.39, 0.29) is 13.0 Å². The van der Waals surface area contributed by atoms with Crippen molar-refractivity contribution in [1.82, 2.24) is 0 Å². The van der Waals surface area contributed by atoms with Gasteiger partial charge in [0.1, 0.15) is 17.7 Å². The highest BCUT2D eigenvalue weighted by molar-refractivity contribution is 5.21. The first-order chi connectivity index (χ1) is 9.65. The van der Waals surface area contributed by atoms with Gasteiger partial charge in [-0.2, -0.15) is 0 Å². The Kier molecular flexibility index (Phi) is 3.37. The van der Waals surface area contributed by atoms with Gasteiger partial charge >= 0.3 is 0 Å². The van der Waals surface area contributed by atoms with Crippen molar-refractivity contribution in [3.05, 3.63) is 46.3 Å². The second-order valence-electron chi connectivity index (χ2n) is 5.12. The van der Waals surface area contributed by atoms with Crippen molar-refractivity contribution in [2.45, 2.75) is 36.6 Å². The van der Waals surface area contributed by atoms with E-state index in [1.165, 1.54) is 0 Å². The summed E-state index contributed by atoms with van der Waals surface area (Å²) in [6, 6.07) is 8.34. The minimum atomic E-state index is -1.53. The van der Waals surface area contributed by atoms with Crippen molar-refractivity contribution in [3.8, 4) is 0 Å². The summed E-state index contributed by atoms with van der Waals surface area (Å²) in [7, 11) is 0. The van der Waals surface area contributed by atoms with Crippen molar-refractivity contribution >= 4 is 0 Å². The fourth-order valence-corrected chi connectivity index (χ4v) is 2.82. The first-order valence-electron chi connectivity index (χ1n) is 6.41. The van der Waals surface area contributed by atoms with Crippen molar-refractivity contribution < 1.29 is 19.7 Å². The lowest BCUT2D eigenvalue weighted by Gasteiger charge is -2.43. The fraction of sp³-hybridized carbons (Fsp3) is 0.538. The Morgan fingerprint density at radius 2 is 2.15 bits per heavy atom. The summed E-state index contributed by atoms with van der Waals surface area (Å²) in [5.41, 5.74) is 7.91. The smallest absolute Gasteiger partial charge is 0.169 e. The standard InChI is InChI=1S/C13H15N3O4/c14-16-15-10-11(17)13(18,9-7-19-12(10)20-9)6-8-4-2-1-3-5-8/h1-5,9-12,17-18H,6-7H2/t9-,10+,11-,12-,13-/m1/s1. The van der Waals surface area contributed by atoms with E-state index in [1.54, 1.807) is 0 Å². The molecule has 106 valence electrons. The van der Waals surface area contributed by atoms with E-state index in [1.807, 2.05) is 30.3 Å². The molecule has 0 saturated carbocycles. The molecule has 0 unspecified atom stereocenters. The molecule has 0 aliphatic carbocycles. The van der Waals surface area contributed by atoms with Crippen LogP contribution in [0, 0.1) is 0 Å². The summed E-state index contributed by atoms with van der Waals surface area (Å²) in [4.78, 5) is 2.69. The third-order valence-corrected chi connectivity index (χ3v) is 3.90. The van der Waals surface area contributed by atoms with Gasteiger partial charge in [0.15, 0.2) is 6.29 Å². The number of fused-ring (bicyclic) bond motifs is 2. The van der Waals surface area contributed by atoms with Crippen LogP contribution in [0.1, 0.15) is 5.56 Å². The largest absolute Gasteiger partial charge is 0.389 e. The van der Waals surface area contributed by atoms with Crippen LogP contribution < -0.4 is 0 Å². The minimum Gasteiger partial charge on any atom is -0.389 e. The summed E-state index contributed by atoms with van der Waals surface area (Å²) in [5.74, 6) is 0. The SMILES string of the molecule is [N-]=[N+]=N[C@@H]1[C@@H]2OC[C@@H](O2)[C@](O)(Cc2ccccc2)[C@@H]1O. The first-order valence-corrected chi connectivity index (χ1v) is 6.41. The normalized spacial score (nSPS) is 39.3. The van der Waals surface area contributed by atoms with E-state index in [9.17, 15) is 10.2 Å². The predicted molar refractivity (Wildman–Crippen MR) is 68.6 cm³/mol. The Bertz CT molecular complexity index is 534. The van der Waals surface area contributed by atoms with E-state index < -0.39 is 30.1 Å². The highest BCUT2D eigenvalue weighted by atomic mass is 16.7. The average molecular weight is 277 g/mol. The van der Waals surface area contributed by atoms with Crippen molar-refractivity contribution in [2.75, 3.05) is 6.61 Å². The molecular formula is C13H15N3O4. The number of aliphatic hydroxyl groups excluding tert-OH is 1. The van der Waals surface area contributed by atoms with Crippen LogP contribution >= 0.6 is 0 Å². The summed E-state index contributed by atoms with van der Waals surface area (Å²) in [6.45, 7) is 0.169. The molecule has 2 bridgehead atoms.